The van der Waals surface area contributed by atoms with Crippen molar-refractivity contribution in [3.8, 4) is 0 Å². The topological polar surface area (TPSA) is 46.9 Å². The normalized spacial score (nSPS) is 12.1. The molecule has 0 aliphatic rings. The van der Waals surface area contributed by atoms with Gasteiger partial charge in [-0.15, -0.1) is 0 Å². The number of rotatable bonds is 3. The van der Waals surface area contributed by atoms with Gasteiger partial charge in [0, 0.05) is 18.2 Å². The Morgan fingerprint density at radius 1 is 1.33 bits per heavy atom. The van der Waals surface area contributed by atoms with E-state index < -0.39 is 0 Å². The largest absolute Gasteiger partial charge is 0.326 e. The number of aromatic nitrogens is 2. The fourth-order valence-corrected chi connectivity index (χ4v) is 2.64. The van der Waals surface area contributed by atoms with Gasteiger partial charge in [0.2, 0.25) is 5.91 Å². The molecule has 0 radical (unpaired) electrons. The van der Waals surface area contributed by atoms with Crippen LogP contribution in [0.15, 0.2) is 18.2 Å². The standard InChI is InChI=1S/C17H25N3O/c1-11(2)20-12(3)18-14-9-13(7-8-15(14)20)19-16(21)10-17(4,5)6/h7-9,11H,10H2,1-6H3,(H,19,21). The van der Waals surface area contributed by atoms with E-state index in [-0.39, 0.29) is 11.3 Å². The third kappa shape index (κ3) is 3.63. The highest BCUT2D eigenvalue weighted by Gasteiger charge is 2.16. The smallest absolute Gasteiger partial charge is 0.224 e. The second-order valence-corrected chi connectivity index (χ2v) is 7.11. The zero-order valence-corrected chi connectivity index (χ0v) is 13.8. The quantitative estimate of drug-likeness (QED) is 0.914. The van der Waals surface area contributed by atoms with Crippen molar-refractivity contribution in [3.63, 3.8) is 0 Å². The molecular formula is C17H25N3O. The molecule has 4 heteroatoms. The van der Waals surface area contributed by atoms with Gasteiger partial charge in [-0.1, -0.05) is 20.8 Å². The van der Waals surface area contributed by atoms with E-state index in [2.05, 4.69) is 49.5 Å². The van der Waals surface area contributed by atoms with Gasteiger partial charge in [0.05, 0.1) is 11.0 Å². The summed E-state index contributed by atoms with van der Waals surface area (Å²) in [5.41, 5.74) is 2.83. The summed E-state index contributed by atoms with van der Waals surface area (Å²) < 4.78 is 2.20. The first-order chi connectivity index (χ1) is 9.67. The van der Waals surface area contributed by atoms with E-state index in [0.29, 0.717) is 12.5 Å². The fourth-order valence-electron chi connectivity index (χ4n) is 2.64. The van der Waals surface area contributed by atoms with Crippen molar-refractivity contribution in [3.05, 3.63) is 24.0 Å². The van der Waals surface area contributed by atoms with Gasteiger partial charge in [-0.3, -0.25) is 4.79 Å². The number of nitrogens with zero attached hydrogens (tertiary/aromatic N) is 2. The van der Waals surface area contributed by atoms with Crippen molar-refractivity contribution in [1.82, 2.24) is 9.55 Å². The van der Waals surface area contributed by atoms with Crippen LogP contribution in [-0.4, -0.2) is 15.5 Å². The van der Waals surface area contributed by atoms with Crippen LogP contribution in [0.2, 0.25) is 0 Å². The van der Waals surface area contributed by atoms with E-state index >= 15 is 0 Å². The van der Waals surface area contributed by atoms with Gasteiger partial charge in [0.25, 0.3) is 0 Å². The summed E-state index contributed by atoms with van der Waals surface area (Å²) in [7, 11) is 0. The summed E-state index contributed by atoms with van der Waals surface area (Å²) in [6.07, 6.45) is 0.504. The van der Waals surface area contributed by atoms with Crippen molar-refractivity contribution in [1.29, 1.82) is 0 Å². The number of aryl methyl sites for hydroxylation is 1. The fraction of sp³-hybridized carbons (Fsp3) is 0.529. The van der Waals surface area contributed by atoms with Gasteiger partial charge < -0.3 is 9.88 Å². The molecule has 1 heterocycles. The van der Waals surface area contributed by atoms with Crippen LogP contribution < -0.4 is 5.32 Å². The first-order valence-corrected chi connectivity index (χ1v) is 7.46. The van der Waals surface area contributed by atoms with Gasteiger partial charge in [-0.2, -0.15) is 0 Å². The molecule has 0 bridgehead atoms. The molecule has 0 fully saturated rings. The van der Waals surface area contributed by atoms with Crippen LogP contribution in [0.1, 0.15) is 52.9 Å². The molecule has 0 spiro atoms. The number of carbonyl (C=O) groups is 1. The number of nitrogens with one attached hydrogen (secondary N) is 1. The van der Waals surface area contributed by atoms with Crippen molar-refractivity contribution >= 4 is 22.6 Å². The van der Waals surface area contributed by atoms with Crippen molar-refractivity contribution in [2.75, 3.05) is 5.32 Å². The Morgan fingerprint density at radius 3 is 2.57 bits per heavy atom. The third-order valence-electron chi connectivity index (χ3n) is 3.36. The highest BCUT2D eigenvalue weighted by atomic mass is 16.1. The number of hydrogen-bond donors (Lipinski definition) is 1. The predicted octanol–water partition coefficient (Wildman–Crippen LogP) is 4.30. The molecule has 21 heavy (non-hydrogen) atoms. The van der Waals surface area contributed by atoms with Crippen LogP contribution in [-0.2, 0) is 4.79 Å². The number of carbonyl (C=O) groups excluding carboxylic acids is 1. The summed E-state index contributed by atoms with van der Waals surface area (Å²) in [6, 6.07) is 6.29. The maximum Gasteiger partial charge on any atom is 0.224 e. The number of imidazole rings is 1. The maximum atomic E-state index is 12.0. The first-order valence-electron chi connectivity index (χ1n) is 7.46. The highest BCUT2D eigenvalue weighted by molar-refractivity contribution is 5.93. The third-order valence-corrected chi connectivity index (χ3v) is 3.36. The van der Waals surface area contributed by atoms with E-state index in [4.69, 9.17) is 0 Å². The summed E-state index contributed by atoms with van der Waals surface area (Å²) in [6.45, 7) is 12.5. The lowest BCUT2D eigenvalue weighted by atomic mass is 9.92. The van der Waals surface area contributed by atoms with E-state index in [9.17, 15) is 4.79 Å². The first kappa shape index (κ1) is 15.5. The van der Waals surface area contributed by atoms with Crippen molar-refractivity contribution in [2.45, 2.75) is 54.0 Å². The molecule has 0 aliphatic heterocycles. The minimum absolute atomic E-state index is 0.00993. The summed E-state index contributed by atoms with van der Waals surface area (Å²) in [4.78, 5) is 16.6. The molecule has 0 aliphatic carbocycles. The highest BCUT2D eigenvalue weighted by Crippen LogP contribution is 2.24. The van der Waals surface area contributed by atoms with E-state index in [0.717, 1.165) is 22.5 Å². The van der Waals surface area contributed by atoms with Crippen LogP contribution in [0.3, 0.4) is 0 Å². The molecule has 114 valence electrons. The Morgan fingerprint density at radius 2 is 2.00 bits per heavy atom. The second-order valence-electron chi connectivity index (χ2n) is 7.11. The van der Waals surface area contributed by atoms with Gasteiger partial charge in [0.1, 0.15) is 5.82 Å². The molecule has 0 atom stereocenters. The molecular weight excluding hydrogens is 262 g/mol. The Hall–Kier alpha value is -1.84. The molecule has 1 amide bonds. The summed E-state index contributed by atoms with van der Waals surface area (Å²) in [5, 5.41) is 2.96. The van der Waals surface area contributed by atoms with Crippen LogP contribution in [0.5, 0.6) is 0 Å². The van der Waals surface area contributed by atoms with Crippen LogP contribution in [0, 0.1) is 12.3 Å². The minimum atomic E-state index is -0.00993. The Kier molecular flexibility index (Phi) is 4.08. The number of hydrogen-bond acceptors (Lipinski definition) is 2. The Labute approximate surface area is 126 Å². The predicted molar refractivity (Wildman–Crippen MR) is 87.6 cm³/mol. The molecule has 4 nitrogen and oxygen atoms in total. The average molecular weight is 287 g/mol. The lowest BCUT2D eigenvalue weighted by Gasteiger charge is -2.17. The number of benzene rings is 1. The molecule has 1 aromatic carbocycles. The Balaban J connectivity index is 2.26. The SMILES string of the molecule is Cc1nc2cc(NC(=O)CC(C)(C)C)ccc2n1C(C)C. The van der Waals surface area contributed by atoms with E-state index in [1.54, 1.807) is 0 Å². The van der Waals surface area contributed by atoms with Crippen LogP contribution in [0.25, 0.3) is 11.0 Å². The lowest BCUT2D eigenvalue weighted by molar-refractivity contribution is -0.117. The lowest BCUT2D eigenvalue weighted by Crippen LogP contribution is -2.19. The monoisotopic (exact) mass is 287 g/mol. The minimum Gasteiger partial charge on any atom is -0.326 e. The number of anilines is 1. The molecule has 0 saturated heterocycles. The van der Waals surface area contributed by atoms with Crippen molar-refractivity contribution in [2.24, 2.45) is 5.41 Å². The van der Waals surface area contributed by atoms with E-state index in [1.165, 1.54) is 0 Å². The van der Waals surface area contributed by atoms with Gasteiger partial charge in [-0.05, 0) is 44.4 Å². The molecule has 0 unspecified atom stereocenters. The van der Waals surface area contributed by atoms with Gasteiger partial charge >= 0.3 is 0 Å². The number of fused-ring (bicyclic) bond motifs is 1. The zero-order chi connectivity index (χ0) is 15.8. The average Bonchev–Trinajstić information content (AvgIpc) is 2.61. The van der Waals surface area contributed by atoms with Crippen LogP contribution in [0.4, 0.5) is 5.69 Å². The molecule has 2 rings (SSSR count). The molecule has 1 N–H and O–H groups in total. The summed E-state index contributed by atoms with van der Waals surface area (Å²) >= 11 is 0. The zero-order valence-electron chi connectivity index (χ0n) is 13.8. The second kappa shape index (κ2) is 5.51. The number of amides is 1. The van der Waals surface area contributed by atoms with Gasteiger partial charge in [0.15, 0.2) is 0 Å². The molecule has 0 saturated carbocycles. The van der Waals surface area contributed by atoms with E-state index in [1.807, 2.05) is 25.1 Å². The van der Waals surface area contributed by atoms with Gasteiger partial charge in [-0.25, -0.2) is 4.98 Å². The molecule has 1 aromatic heterocycles. The maximum absolute atomic E-state index is 12.0. The van der Waals surface area contributed by atoms with Crippen LogP contribution >= 0.6 is 0 Å². The molecule has 2 aromatic rings. The Bertz CT molecular complexity index is 662. The van der Waals surface area contributed by atoms with Crippen molar-refractivity contribution < 1.29 is 4.79 Å². The summed E-state index contributed by atoms with van der Waals surface area (Å²) in [5.74, 6) is 1.04.